The summed E-state index contributed by atoms with van der Waals surface area (Å²) in [6, 6.07) is 0. The monoisotopic (exact) mass is 256 g/mol. The lowest BCUT2D eigenvalue weighted by atomic mass is 9.81. The van der Waals surface area contributed by atoms with E-state index >= 15 is 0 Å². The van der Waals surface area contributed by atoms with Crippen molar-refractivity contribution in [3.05, 3.63) is 0 Å². The molecule has 1 aliphatic carbocycles. The Balaban J connectivity index is 1.85. The van der Waals surface area contributed by atoms with E-state index < -0.39 is 0 Å². The van der Waals surface area contributed by atoms with Gasteiger partial charge in [0.05, 0.1) is 6.10 Å². The molecule has 0 spiro atoms. The number of methoxy groups -OCH3 is 1. The third kappa shape index (κ3) is 3.42. The predicted molar refractivity (Wildman–Crippen MR) is 73.3 cm³/mol. The number of hydrogen-bond donors (Lipinski definition) is 2. The minimum Gasteiger partial charge on any atom is -0.381 e. The first kappa shape index (κ1) is 14.2. The average Bonchev–Trinajstić information content (AvgIpc) is 2.42. The van der Waals surface area contributed by atoms with Crippen LogP contribution in [0.2, 0.25) is 0 Å². The Labute approximate surface area is 111 Å². The van der Waals surface area contributed by atoms with E-state index in [9.17, 15) is 0 Å². The van der Waals surface area contributed by atoms with Crippen LogP contribution < -0.4 is 11.2 Å². The van der Waals surface area contributed by atoms with Gasteiger partial charge in [-0.1, -0.05) is 0 Å². The molecule has 3 N–H and O–H groups in total. The fourth-order valence-corrected chi connectivity index (χ4v) is 2.99. The summed E-state index contributed by atoms with van der Waals surface area (Å²) in [5.74, 6) is 0. The van der Waals surface area contributed by atoms with Crippen LogP contribution in [-0.2, 0) is 4.74 Å². The van der Waals surface area contributed by atoms with Gasteiger partial charge in [-0.3, -0.25) is 0 Å². The maximum atomic E-state index is 6.03. The Morgan fingerprint density at radius 3 is 2.33 bits per heavy atom. The molecule has 2 aliphatic rings. The van der Waals surface area contributed by atoms with Crippen molar-refractivity contribution in [3.8, 4) is 0 Å². The van der Waals surface area contributed by atoms with Crippen molar-refractivity contribution in [2.45, 2.75) is 37.3 Å². The fraction of sp³-hybridized carbons (Fsp3) is 1.00. The van der Waals surface area contributed by atoms with Crippen molar-refractivity contribution >= 4 is 0 Å². The molecule has 1 aliphatic heterocycles. The number of likely N-dealkylation sites (N-methyl/N-ethyl adjacent to an activating group) is 1. The fourth-order valence-electron chi connectivity index (χ4n) is 2.99. The smallest absolute Gasteiger partial charge is 0.0572 e. The Bertz CT molecular complexity index is 245. The highest BCUT2D eigenvalue weighted by molar-refractivity contribution is 4.94. The van der Waals surface area contributed by atoms with Crippen molar-refractivity contribution in [2.75, 3.05) is 46.9 Å². The van der Waals surface area contributed by atoms with E-state index in [2.05, 4.69) is 22.4 Å². The van der Waals surface area contributed by atoms with E-state index in [1.807, 2.05) is 7.11 Å². The molecule has 0 atom stereocenters. The highest BCUT2D eigenvalue weighted by Crippen LogP contribution is 2.29. The summed E-state index contributed by atoms with van der Waals surface area (Å²) in [5.41, 5.74) is 9.84. The lowest BCUT2D eigenvalue weighted by molar-refractivity contribution is -0.0000350. The third-order valence-corrected chi connectivity index (χ3v) is 4.51. The van der Waals surface area contributed by atoms with Crippen LogP contribution in [-0.4, -0.2) is 68.4 Å². The number of piperazine rings is 1. The molecule has 18 heavy (non-hydrogen) atoms. The van der Waals surface area contributed by atoms with E-state index in [1.165, 1.54) is 0 Å². The zero-order chi connectivity index (χ0) is 13.0. The summed E-state index contributed by atoms with van der Waals surface area (Å²) < 4.78 is 5.44. The van der Waals surface area contributed by atoms with Crippen LogP contribution in [0, 0.1) is 0 Å². The summed E-state index contributed by atoms with van der Waals surface area (Å²) >= 11 is 0. The lowest BCUT2D eigenvalue weighted by Gasteiger charge is -2.45. The molecule has 0 unspecified atom stereocenters. The Kier molecular flexibility index (Phi) is 4.98. The molecule has 2 fully saturated rings. The molecule has 5 nitrogen and oxygen atoms in total. The molecule has 0 bridgehead atoms. The van der Waals surface area contributed by atoms with Gasteiger partial charge in [-0.05, 0) is 32.7 Å². The van der Waals surface area contributed by atoms with E-state index in [-0.39, 0.29) is 5.54 Å². The number of nitrogens with one attached hydrogen (secondary N) is 1. The molecule has 1 saturated carbocycles. The topological polar surface area (TPSA) is 53.8 Å². The highest BCUT2D eigenvalue weighted by atomic mass is 16.5. The summed E-state index contributed by atoms with van der Waals surface area (Å²) in [4.78, 5) is 2.37. The van der Waals surface area contributed by atoms with Gasteiger partial charge >= 0.3 is 0 Å². The van der Waals surface area contributed by atoms with Gasteiger partial charge in [-0.25, -0.2) is 10.4 Å². The molecule has 0 radical (unpaired) electrons. The van der Waals surface area contributed by atoms with Gasteiger partial charge in [-0.15, -0.1) is 0 Å². The Morgan fingerprint density at radius 2 is 1.83 bits per heavy atom. The number of nitrogens with zero attached hydrogens (tertiary/aromatic N) is 2. The Morgan fingerprint density at radius 1 is 1.22 bits per heavy atom. The molecule has 5 heteroatoms. The van der Waals surface area contributed by atoms with Gasteiger partial charge in [0.1, 0.15) is 0 Å². The largest absolute Gasteiger partial charge is 0.381 e. The summed E-state index contributed by atoms with van der Waals surface area (Å²) in [6.07, 6.45) is 4.91. The maximum absolute atomic E-state index is 6.03. The average molecular weight is 256 g/mol. The molecule has 106 valence electrons. The molecule has 0 amide bonds. The second-order valence-electron chi connectivity index (χ2n) is 5.82. The minimum atomic E-state index is 0.102. The van der Waals surface area contributed by atoms with Gasteiger partial charge < -0.3 is 15.4 Å². The molecule has 1 saturated heterocycles. The van der Waals surface area contributed by atoms with Gasteiger partial charge in [-0.2, -0.15) is 0 Å². The van der Waals surface area contributed by atoms with Gasteiger partial charge in [0.2, 0.25) is 0 Å². The standard InChI is InChI=1S/C13H28N4O/c1-16-7-9-17(10-8-16)15-13(11-14)5-3-12(18-2)4-6-13/h12,15H,3-11,14H2,1-2H3. The molecular formula is C13H28N4O. The second-order valence-corrected chi connectivity index (χ2v) is 5.82. The first-order valence-corrected chi connectivity index (χ1v) is 7.12. The number of hydrogen-bond acceptors (Lipinski definition) is 5. The third-order valence-electron chi connectivity index (χ3n) is 4.51. The molecule has 1 heterocycles. The number of ether oxygens (including phenoxy) is 1. The normalized spacial score (nSPS) is 35.8. The predicted octanol–water partition coefficient (Wildman–Crippen LogP) is 0.0249. The van der Waals surface area contributed by atoms with Gasteiger partial charge in [0, 0.05) is 45.4 Å². The van der Waals surface area contributed by atoms with Crippen molar-refractivity contribution in [1.82, 2.24) is 15.3 Å². The van der Waals surface area contributed by atoms with Crippen LogP contribution in [0.1, 0.15) is 25.7 Å². The number of nitrogens with two attached hydrogens (primary N) is 1. The first-order valence-electron chi connectivity index (χ1n) is 7.12. The van der Waals surface area contributed by atoms with Crippen molar-refractivity contribution < 1.29 is 4.74 Å². The van der Waals surface area contributed by atoms with E-state index in [4.69, 9.17) is 10.5 Å². The van der Waals surface area contributed by atoms with Crippen molar-refractivity contribution in [1.29, 1.82) is 0 Å². The zero-order valence-electron chi connectivity index (χ0n) is 11.8. The van der Waals surface area contributed by atoms with Crippen LogP contribution in [0.3, 0.4) is 0 Å². The lowest BCUT2D eigenvalue weighted by Crippen LogP contribution is -2.63. The van der Waals surface area contributed by atoms with Crippen molar-refractivity contribution in [3.63, 3.8) is 0 Å². The Hall–Kier alpha value is -0.200. The molecule has 2 rings (SSSR count). The van der Waals surface area contributed by atoms with Crippen LogP contribution in [0.5, 0.6) is 0 Å². The van der Waals surface area contributed by atoms with Crippen molar-refractivity contribution in [2.24, 2.45) is 5.73 Å². The maximum Gasteiger partial charge on any atom is 0.0572 e. The molecule has 0 aromatic heterocycles. The summed E-state index contributed by atoms with van der Waals surface area (Å²) in [5, 5.41) is 2.36. The van der Waals surface area contributed by atoms with Crippen LogP contribution in [0.25, 0.3) is 0 Å². The highest BCUT2D eigenvalue weighted by Gasteiger charge is 2.35. The van der Waals surface area contributed by atoms with E-state index in [0.29, 0.717) is 6.10 Å². The van der Waals surface area contributed by atoms with Crippen LogP contribution in [0.15, 0.2) is 0 Å². The number of rotatable bonds is 4. The summed E-state index contributed by atoms with van der Waals surface area (Å²) in [7, 11) is 3.99. The molecule has 0 aromatic carbocycles. The molecular weight excluding hydrogens is 228 g/mol. The van der Waals surface area contributed by atoms with E-state index in [0.717, 1.165) is 58.4 Å². The van der Waals surface area contributed by atoms with Gasteiger partial charge in [0.25, 0.3) is 0 Å². The minimum absolute atomic E-state index is 0.102. The van der Waals surface area contributed by atoms with Crippen LogP contribution in [0.4, 0.5) is 0 Å². The summed E-state index contributed by atoms with van der Waals surface area (Å²) in [6.45, 7) is 5.16. The quantitative estimate of drug-likeness (QED) is 0.743. The second kappa shape index (κ2) is 6.30. The zero-order valence-corrected chi connectivity index (χ0v) is 11.8. The number of hydrazine groups is 1. The van der Waals surface area contributed by atoms with E-state index in [1.54, 1.807) is 0 Å². The van der Waals surface area contributed by atoms with Crippen LogP contribution >= 0.6 is 0 Å². The molecule has 0 aromatic rings. The first-order chi connectivity index (χ1) is 8.67. The SMILES string of the molecule is COC1CCC(CN)(NN2CCN(C)CC2)CC1. The van der Waals surface area contributed by atoms with Gasteiger partial charge in [0.15, 0.2) is 0 Å².